The summed E-state index contributed by atoms with van der Waals surface area (Å²) in [7, 11) is 1.68. The Morgan fingerprint density at radius 2 is 2.39 bits per heavy atom. The summed E-state index contributed by atoms with van der Waals surface area (Å²) in [5.41, 5.74) is 1.38. The van der Waals surface area contributed by atoms with E-state index in [0.717, 1.165) is 29.5 Å². The average molecular weight is 264 g/mol. The highest BCUT2D eigenvalue weighted by atomic mass is 32.1. The van der Waals surface area contributed by atoms with Crippen LogP contribution in [0.25, 0.3) is 10.2 Å². The first-order valence-electron chi connectivity index (χ1n) is 6.30. The normalized spacial score (nSPS) is 14.3. The number of aryl methyl sites for hydroxylation is 3. The molecule has 1 aliphatic rings. The van der Waals surface area contributed by atoms with Gasteiger partial charge in [0.2, 0.25) is 0 Å². The van der Waals surface area contributed by atoms with E-state index in [-0.39, 0.29) is 5.56 Å². The lowest BCUT2D eigenvalue weighted by Gasteiger charge is -2.04. The molecule has 0 saturated carbocycles. The lowest BCUT2D eigenvalue weighted by atomic mass is 10.2. The standard InChI is InChI=1S/C13H16N2O2S/c1-17-7-3-6-15-8-14-12-11(13(15)16)9-4-2-5-10(9)18-12/h8H,2-7H2,1H3. The molecule has 0 N–H and O–H groups in total. The van der Waals surface area contributed by atoms with Crippen LogP contribution in [0, 0.1) is 0 Å². The SMILES string of the molecule is COCCCn1cnc2sc3c(c2c1=O)CCC3. The third-order valence-electron chi connectivity index (χ3n) is 3.44. The minimum atomic E-state index is 0.121. The van der Waals surface area contributed by atoms with E-state index < -0.39 is 0 Å². The Bertz CT molecular complexity index is 630. The molecule has 4 nitrogen and oxygen atoms in total. The van der Waals surface area contributed by atoms with Crippen molar-refractivity contribution in [2.75, 3.05) is 13.7 Å². The van der Waals surface area contributed by atoms with Crippen LogP contribution in [0.2, 0.25) is 0 Å². The van der Waals surface area contributed by atoms with Crippen LogP contribution >= 0.6 is 11.3 Å². The van der Waals surface area contributed by atoms with Crippen molar-refractivity contribution < 1.29 is 4.74 Å². The van der Waals surface area contributed by atoms with E-state index in [2.05, 4.69) is 4.98 Å². The predicted octanol–water partition coefficient (Wildman–Crippen LogP) is 1.98. The van der Waals surface area contributed by atoms with Crippen molar-refractivity contribution in [3.8, 4) is 0 Å². The Morgan fingerprint density at radius 1 is 1.50 bits per heavy atom. The van der Waals surface area contributed by atoms with Gasteiger partial charge in [0, 0.05) is 25.1 Å². The van der Waals surface area contributed by atoms with E-state index in [1.54, 1.807) is 29.3 Å². The molecule has 0 radical (unpaired) electrons. The predicted molar refractivity (Wildman–Crippen MR) is 72.4 cm³/mol. The van der Waals surface area contributed by atoms with Gasteiger partial charge in [0.05, 0.1) is 11.7 Å². The Balaban J connectivity index is 2.02. The van der Waals surface area contributed by atoms with Crippen molar-refractivity contribution in [3.05, 3.63) is 27.1 Å². The maximum absolute atomic E-state index is 12.4. The van der Waals surface area contributed by atoms with Gasteiger partial charge in [-0.3, -0.25) is 9.36 Å². The highest BCUT2D eigenvalue weighted by Gasteiger charge is 2.20. The molecular formula is C13H16N2O2S. The Labute approximate surface area is 109 Å². The third-order valence-corrected chi connectivity index (χ3v) is 4.64. The Morgan fingerprint density at radius 3 is 3.22 bits per heavy atom. The van der Waals surface area contributed by atoms with E-state index in [0.29, 0.717) is 13.2 Å². The second kappa shape index (κ2) is 4.82. The fourth-order valence-corrected chi connectivity index (χ4v) is 3.78. The topological polar surface area (TPSA) is 44.1 Å². The molecule has 2 heterocycles. The van der Waals surface area contributed by atoms with Gasteiger partial charge in [-0.2, -0.15) is 0 Å². The number of methoxy groups -OCH3 is 1. The zero-order valence-electron chi connectivity index (χ0n) is 10.4. The number of hydrogen-bond acceptors (Lipinski definition) is 4. The number of hydrogen-bond donors (Lipinski definition) is 0. The van der Waals surface area contributed by atoms with Crippen molar-refractivity contribution in [2.45, 2.75) is 32.2 Å². The van der Waals surface area contributed by atoms with Gasteiger partial charge in [-0.05, 0) is 31.2 Å². The molecule has 2 aromatic heterocycles. The molecule has 0 aromatic carbocycles. The van der Waals surface area contributed by atoms with E-state index in [1.165, 1.54) is 16.9 Å². The minimum Gasteiger partial charge on any atom is -0.385 e. The van der Waals surface area contributed by atoms with Gasteiger partial charge in [0.15, 0.2) is 0 Å². The summed E-state index contributed by atoms with van der Waals surface area (Å²) in [5, 5.41) is 0.868. The monoisotopic (exact) mass is 264 g/mol. The molecule has 96 valence electrons. The number of thiophene rings is 1. The van der Waals surface area contributed by atoms with Crippen molar-refractivity contribution in [2.24, 2.45) is 0 Å². The number of nitrogens with zero attached hydrogens (tertiary/aromatic N) is 2. The zero-order valence-corrected chi connectivity index (χ0v) is 11.3. The summed E-state index contributed by atoms with van der Waals surface area (Å²) in [4.78, 5) is 19.1. The van der Waals surface area contributed by atoms with Gasteiger partial charge in [-0.1, -0.05) is 0 Å². The van der Waals surface area contributed by atoms with Crippen molar-refractivity contribution in [3.63, 3.8) is 0 Å². The molecular weight excluding hydrogens is 248 g/mol. The minimum absolute atomic E-state index is 0.121. The van der Waals surface area contributed by atoms with Crippen LogP contribution in [-0.2, 0) is 24.1 Å². The van der Waals surface area contributed by atoms with Gasteiger partial charge < -0.3 is 4.74 Å². The number of rotatable bonds is 4. The van der Waals surface area contributed by atoms with Crippen LogP contribution in [0.15, 0.2) is 11.1 Å². The molecule has 0 spiro atoms. The molecule has 1 aliphatic carbocycles. The molecule has 3 rings (SSSR count). The highest BCUT2D eigenvalue weighted by molar-refractivity contribution is 7.18. The maximum atomic E-state index is 12.4. The molecule has 18 heavy (non-hydrogen) atoms. The van der Waals surface area contributed by atoms with E-state index in [1.807, 2.05) is 0 Å². The quantitative estimate of drug-likeness (QED) is 0.793. The second-order valence-corrected chi connectivity index (χ2v) is 5.71. The highest BCUT2D eigenvalue weighted by Crippen LogP contribution is 2.34. The van der Waals surface area contributed by atoms with Gasteiger partial charge >= 0.3 is 0 Å². The lowest BCUT2D eigenvalue weighted by Crippen LogP contribution is -2.21. The first kappa shape index (κ1) is 11.9. The molecule has 0 bridgehead atoms. The Kier molecular flexibility index (Phi) is 3.18. The molecule has 0 amide bonds. The molecule has 2 aromatic rings. The van der Waals surface area contributed by atoms with E-state index in [4.69, 9.17) is 4.74 Å². The van der Waals surface area contributed by atoms with E-state index in [9.17, 15) is 4.79 Å². The van der Waals surface area contributed by atoms with Crippen LogP contribution < -0.4 is 5.56 Å². The molecule has 0 saturated heterocycles. The maximum Gasteiger partial charge on any atom is 0.262 e. The summed E-state index contributed by atoms with van der Waals surface area (Å²) >= 11 is 1.69. The summed E-state index contributed by atoms with van der Waals surface area (Å²) in [6, 6.07) is 0. The molecule has 0 unspecified atom stereocenters. The van der Waals surface area contributed by atoms with Gasteiger partial charge in [-0.15, -0.1) is 11.3 Å². The van der Waals surface area contributed by atoms with Crippen LogP contribution in [0.3, 0.4) is 0 Å². The molecule has 5 heteroatoms. The lowest BCUT2D eigenvalue weighted by molar-refractivity contribution is 0.190. The van der Waals surface area contributed by atoms with Crippen molar-refractivity contribution in [1.29, 1.82) is 0 Å². The average Bonchev–Trinajstić information content (AvgIpc) is 2.92. The van der Waals surface area contributed by atoms with Crippen LogP contribution in [0.1, 0.15) is 23.3 Å². The van der Waals surface area contributed by atoms with Crippen LogP contribution in [-0.4, -0.2) is 23.3 Å². The second-order valence-electron chi connectivity index (χ2n) is 4.63. The first-order valence-corrected chi connectivity index (χ1v) is 7.11. The molecule has 0 fully saturated rings. The van der Waals surface area contributed by atoms with Crippen molar-refractivity contribution >= 4 is 21.6 Å². The third kappa shape index (κ3) is 1.87. The fraction of sp³-hybridized carbons (Fsp3) is 0.538. The molecule has 0 aliphatic heterocycles. The summed E-state index contributed by atoms with van der Waals surface area (Å²) in [6.45, 7) is 1.35. The van der Waals surface area contributed by atoms with Crippen LogP contribution in [0.4, 0.5) is 0 Å². The fourth-order valence-electron chi connectivity index (χ4n) is 2.56. The number of ether oxygens (including phenoxy) is 1. The van der Waals surface area contributed by atoms with E-state index >= 15 is 0 Å². The first-order chi connectivity index (χ1) is 8.81. The van der Waals surface area contributed by atoms with Crippen molar-refractivity contribution in [1.82, 2.24) is 9.55 Å². The number of aromatic nitrogens is 2. The summed E-state index contributed by atoms with van der Waals surface area (Å²) in [5.74, 6) is 0. The Hall–Kier alpha value is -1.20. The summed E-state index contributed by atoms with van der Waals surface area (Å²) < 4.78 is 6.73. The van der Waals surface area contributed by atoms with Gasteiger partial charge in [-0.25, -0.2) is 4.98 Å². The largest absolute Gasteiger partial charge is 0.385 e. The smallest absolute Gasteiger partial charge is 0.262 e. The van der Waals surface area contributed by atoms with Gasteiger partial charge in [0.1, 0.15) is 4.83 Å². The zero-order chi connectivity index (χ0) is 12.5. The van der Waals surface area contributed by atoms with Gasteiger partial charge in [0.25, 0.3) is 5.56 Å². The van der Waals surface area contributed by atoms with Crippen LogP contribution in [0.5, 0.6) is 0 Å². The number of fused-ring (bicyclic) bond motifs is 3. The molecule has 0 atom stereocenters. The summed E-state index contributed by atoms with van der Waals surface area (Å²) in [6.07, 6.45) is 5.84.